The summed E-state index contributed by atoms with van der Waals surface area (Å²) in [6, 6.07) is 7.20. The van der Waals surface area contributed by atoms with Crippen LogP contribution in [0.5, 0.6) is 11.5 Å². The molecule has 0 radical (unpaired) electrons. The predicted octanol–water partition coefficient (Wildman–Crippen LogP) is 4.92. The molecular formula is C13H7Br2F2NOS. The fourth-order valence-electron chi connectivity index (χ4n) is 1.46. The Balaban J connectivity index is 2.38. The first-order valence-corrected chi connectivity index (χ1v) is 7.29. The Hall–Kier alpha value is -1.05. The van der Waals surface area contributed by atoms with Gasteiger partial charge in [0, 0.05) is 10.0 Å². The summed E-state index contributed by atoms with van der Waals surface area (Å²) in [5.74, 6) is -1.95. The van der Waals surface area contributed by atoms with Gasteiger partial charge in [-0.1, -0.05) is 28.1 Å². The van der Waals surface area contributed by atoms with Crippen molar-refractivity contribution in [2.75, 3.05) is 0 Å². The Morgan fingerprint density at radius 3 is 2.40 bits per heavy atom. The van der Waals surface area contributed by atoms with Crippen molar-refractivity contribution >= 4 is 49.1 Å². The second-order valence-electron chi connectivity index (χ2n) is 3.81. The highest BCUT2D eigenvalue weighted by molar-refractivity contribution is 9.10. The molecule has 2 N–H and O–H groups in total. The van der Waals surface area contributed by atoms with Crippen molar-refractivity contribution in [1.82, 2.24) is 0 Å². The van der Waals surface area contributed by atoms with Gasteiger partial charge in [0.2, 0.25) is 5.82 Å². The number of benzene rings is 2. The molecule has 2 nitrogen and oxygen atoms in total. The number of hydrogen-bond donors (Lipinski definition) is 1. The summed E-state index contributed by atoms with van der Waals surface area (Å²) in [7, 11) is 0. The molecule has 0 aliphatic heterocycles. The van der Waals surface area contributed by atoms with Crippen molar-refractivity contribution in [1.29, 1.82) is 0 Å². The van der Waals surface area contributed by atoms with Crippen molar-refractivity contribution in [3.8, 4) is 11.5 Å². The van der Waals surface area contributed by atoms with Crippen LogP contribution < -0.4 is 10.5 Å². The molecule has 0 heterocycles. The van der Waals surface area contributed by atoms with Crippen LogP contribution in [0.15, 0.2) is 39.3 Å². The molecule has 0 amide bonds. The van der Waals surface area contributed by atoms with Gasteiger partial charge >= 0.3 is 0 Å². The molecule has 0 aliphatic carbocycles. The second kappa shape index (κ2) is 6.15. The van der Waals surface area contributed by atoms with Crippen LogP contribution in [0.1, 0.15) is 5.56 Å². The van der Waals surface area contributed by atoms with Gasteiger partial charge < -0.3 is 10.5 Å². The molecule has 0 saturated heterocycles. The van der Waals surface area contributed by atoms with Gasteiger partial charge in [-0.15, -0.1) is 0 Å². The van der Waals surface area contributed by atoms with Gasteiger partial charge in [-0.2, -0.15) is 4.39 Å². The first kappa shape index (κ1) is 15.3. The van der Waals surface area contributed by atoms with E-state index in [1.165, 1.54) is 6.07 Å². The maximum absolute atomic E-state index is 13.6. The Morgan fingerprint density at radius 1 is 1.10 bits per heavy atom. The number of hydrogen-bond acceptors (Lipinski definition) is 2. The average Bonchev–Trinajstić information content (AvgIpc) is 2.37. The predicted molar refractivity (Wildman–Crippen MR) is 84.2 cm³/mol. The molecule has 0 saturated carbocycles. The molecule has 104 valence electrons. The zero-order valence-corrected chi connectivity index (χ0v) is 13.8. The summed E-state index contributed by atoms with van der Waals surface area (Å²) in [5.41, 5.74) is 6.14. The van der Waals surface area contributed by atoms with Crippen LogP contribution in [0, 0.1) is 11.6 Å². The van der Waals surface area contributed by atoms with Gasteiger partial charge in [0.1, 0.15) is 10.7 Å². The van der Waals surface area contributed by atoms with Crippen LogP contribution in [0.4, 0.5) is 8.78 Å². The number of nitrogens with two attached hydrogens (primary N) is 1. The quantitative estimate of drug-likeness (QED) is 0.563. The molecule has 2 aromatic carbocycles. The van der Waals surface area contributed by atoms with E-state index in [4.69, 9.17) is 22.7 Å². The maximum atomic E-state index is 13.6. The number of halogens is 4. The molecule has 0 unspecified atom stereocenters. The molecule has 7 heteroatoms. The van der Waals surface area contributed by atoms with Crippen LogP contribution in [0.2, 0.25) is 0 Å². The van der Waals surface area contributed by atoms with Gasteiger partial charge in [0.15, 0.2) is 11.6 Å². The Kier molecular flexibility index (Phi) is 4.72. The summed E-state index contributed by atoms with van der Waals surface area (Å²) in [6.07, 6.45) is 0. The molecule has 0 aliphatic rings. The number of ether oxygens (including phenoxy) is 1. The lowest BCUT2D eigenvalue weighted by molar-refractivity contribution is 0.414. The molecular weight excluding hydrogens is 416 g/mol. The zero-order valence-electron chi connectivity index (χ0n) is 9.79. The standard InChI is InChI=1S/C13H7Br2F2NOS/c14-7-4-9(16)12(17)11(5-7)19-10-2-1-6(13(18)20)3-8(10)15/h1-5H,(H2,18,20). The third-order valence-corrected chi connectivity index (χ3v) is 3.71. The van der Waals surface area contributed by atoms with E-state index in [9.17, 15) is 8.78 Å². The molecule has 0 bridgehead atoms. The monoisotopic (exact) mass is 421 g/mol. The fraction of sp³-hybridized carbons (Fsp3) is 0. The Bertz CT molecular complexity index is 694. The molecule has 0 atom stereocenters. The largest absolute Gasteiger partial charge is 0.453 e. The van der Waals surface area contributed by atoms with Crippen LogP contribution in [0.25, 0.3) is 0 Å². The van der Waals surface area contributed by atoms with E-state index in [0.717, 1.165) is 6.07 Å². The van der Waals surface area contributed by atoms with Gasteiger partial charge in [0.05, 0.1) is 4.47 Å². The molecule has 0 aromatic heterocycles. The Morgan fingerprint density at radius 2 is 1.80 bits per heavy atom. The van der Waals surface area contributed by atoms with Gasteiger partial charge in [-0.25, -0.2) is 4.39 Å². The lowest BCUT2D eigenvalue weighted by atomic mass is 10.2. The summed E-state index contributed by atoms with van der Waals surface area (Å²) < 4.78 is 33.2. The van der Waals surface area contributed by atoms with Crippen molar-refractivity contribution in [2.24, 2.45) is 5.73 Å². The van der Waals surface area contributed by atoms with E-state index >= 15 is 0 Å². The van der Waals surface area contributed by atoms with Crippen LogP contribution in [-0.4, -0.2) is 4.99 Å². The highest BCUT2D eigenvalue weighted by Crippen LogP contribution is 2.34. The van der Waals surface area contributed by atoms with E-state index in [0.29, 0.717) is 20.3 Å². The molecule has 20 heavy (non-hydrogen) atoms. The minimum Gasteiger partial charge on any atom is -0.453 e. The lowest BCUT2D eigenvalue weighted by Gasteiger charge is -2.10. The van der Waals surface area contributed by atoms with E-state index in [1.54, 1.807) is 18.2 Å². The molecule has 2 aromatic rings. The van der Waals surface area contributed by atoms with Gasteiger partial charge in [-0.3, -0.25) is 0 Å². The van der Waals surface area contributed by atoms with Crippen molar-refractivity contribution in [3.05, 3.63) is 56.5 Å². The normalized spacial score (nSPS) is 10.4. The SMILES string of the molecule is NC(=S)c1ccc(Oc2cc(Br)cc(F)c2F)c(Br)c1. The first-order valence-electron chi connectivity index (χ1n) is 5.30. The highest BCUT2D eigenvalue weighted by atomic mass is 79.9. The average molecular weight is 423 g/mol. The van der Waals surface area contributed by atoms with Gasteiger partial charge in [-0.05, 0) is 46.3 Å². The topological polar surface area (TPSA) is 35.2 Å². The maximum Gasteiger partial charge on any atom is 0.201 e. The smallest absolute Gasteiger partial charge is 0.201 e. The second-order valence-corrected chi connectivity index (χ2v) is 6.02. The summed E-state index contributed by atoms with van der Waals surface area (Å²) in [4.78, 5) is 0.233. The minimum absolute atomic E-state index is 0.222. The first-order chi connectivity index (χ1) is 9.38. The highest BCUT2D eigenvalue weighted by Gasteiger charge is 2.14. The van der Waals surface area contributed by atoms with Crippen LogP contribution >= 0.6 is 44.1 Å². The van der Waals surface area contributed by atoms with Crippen molar-refractivity contribution < 1.29 is 13.5 Å². The van der Waals surface area contributed by atoms with E-state index in [1.807, 2.05) is 0 Å². The number of rotatable bonds is 3. The summed E-state index contributed by atoms with van der Waals surface area (Å²) in [5, 5.41) is 0. The van der Waals surface area contributed by atoms with E-state index < -0.39 is 11.6 Å². The lowest BCUT2D eigenvalue weighted by Crippen LogP contribution is -2.09. The van der Waals surface area contributed by atoms with Crippen molar-refractivity contribution in [2.45, 2.75) is 0 Å². The third-order valence-electron chi connectivity index (χ3n) is 2.40. The van der Waals surface area contributed by atoms with Gasteiger partial charge in [0.25, 0.3) is 0 Å². The van der Waals surface area contributed by atoms with Crippen molar-refractivity contribution in [3.63, 3.8) is 0 Å². The number of thiocarbonyl (C=S) groups is 1. The minimum atomic E-state index is -1.06. The van der Waals surface area contributed by atoms with E-state index in [2.05, 4.69) is 31.9 Å². The third kappa shape index (κ3) is 3.34. The summed E-state index contributed by atoms with van der Waals surface area (Å²) in [6.45, 7) is 0. The van der Waals surface area contributed by atoms with E-state index in [-0.39, 0.29) is 10.7 Å². The molecule has 2 rings (SSSR count). The zero-order chi connectivity index (χ0) is 14.9. The Labute approximate surface area is 136 Å². The van der Waals surface area contributed by atoms with Crippen LogP contribution in [-0.2, 0) is 0 Å². The molecule has 0 spiro atoms. The fourth-order valence-corrected chi connectivity index (χ4v) is 2.46. The summed E-state index contributed by atoms with van der Waals surface area (Å²) >= 11 is 11.2. The molecule has 0 fully saturated rings. The van der Waals surface area contributed by atoms with Crippen LogP contribution in [0.3, 0.4) is 0 Å².